The van der Waals surface area contributed by atoms with Crippen LogP contribution in [0.3, 0.4) is 0 Å². The van der Waals surface area contributed by atoms with Gasteiger partial charge >= 0.3 is 6.18 Å². The first-order valence-electron chi connectivity index (χ1n) is 6.58. The van der Waals surface area contributed by atoms with Gasteiger partial charge in [0.2, 0.25) is 0 Å². The number of piperazine rings is 1. The van der Waals surface area contributed by atoms with Crippen LogP contribution in [0.2, 0.25) is 0 Å². The molecule has 8 heteroatoms. The van der Waals surface area contributed by atoms with E-state index in [1.54, 1.807) is 0 Å². The van der Waals surface area contributed by atoms with Crippen LogP contribution in [-0.4, -0.2) is 36.2 Å². The van der Waals surface area contributed by atoms with Gasteiger partial charge in [-0.15, -0.1) is 12.4 Å². The maximum Gasteiger partial charge on any atom is 0.417 e. The molecule has 1 atom stereocenters. The summed E-state index contributed by atoms with van der Waals surface area (Å²) in [4.78, 5) is 25.2. The van der Waals surface area contributed by atoms with Gasteiger partial charge in [-0.3, -0.25) is 9.59 Å². The largest absolute Gasteiger partial charge is 0.417 e. The van der Waals surface area contributed by atoms with Crippen molar-refractivity contribution in [3.05, 3.63) is 34.4 Å². The van der Waals surface area contributed by atoms with E-state index in [-0.39, 0.29) is 23.5 Å². The lowest BCUT2D eigenvalue weighted by atomic mass is 9.94. The summed E-state index contributed by atoms with van der Waals surface area (Å²) in [6.45, 7) is 2.54. The number of benzene rings is 1. The van der Waals surface area contributed by atoms with E-state index < -0.39 is 29.5 Å². The Kier molecular flexibility index (Phi) is 4.23. The number of hydrogen-bond acceptors (Lipinski definition) is 3. The second-order valence-corrected chi connectivity index (χ2v) is 5.26. The van der Waals surface area contributed by atoms with Crippen LogP contribution in [0.4, 0.5) is 13.2 Å². The number of hydrogen-bond donors (Lipinski definition) is 1. The molecular weight excluding hydrogens is 321 g/mol. The van der Waals surface area contributed by atoms with Crippen molar-refractivity contribution in [1.82, 2.24) is 10.2 Å². The lowest BCUT2D eigenvalue weighted by Gasteiger charge is -2.30. The van der Waals surface area contributed by atoms with Crippen LogP contribution in [0.1, 0.15) is 44.8 Å². The Labute approximate surface area is 131 Å². The Balaban J connectivity index is 0.00000176. The quantitative estimate of drug-likeness (QED) is 0.803. The SMILES string of the molecule is CC(=O)c1cc2c(c(C(F)(F)F)c1)C(=O)N1CCNC[C@@H]21.Cl. The van der Waals surface area contributed by atoms with E-state index in [2.05, 4.69) is 5.32 Å². The van der Waals surface area contributed by atoms with Gasteiger partial charge in [-0.2, -0.15) is 13.2 Å². The predicted octanol–water partition coefficient (Wildman–Crippen LogP) is 2.43. The molecule has 0 aliphatic carbocycles. The van der Waals surface area contributed by atoms with Crippen molar-refractivity contribution in [2.24, 2.45) is 0 Å². The topological polar surface area (TPSA) is 49.4 Å². The summed E-state index contributed by atoms with van der Waals surface area (Å²) in [6, 6.07) is 1.77. The Morgan fingerprint density at radius 3 is 2.64 bits per heavy atom. The first kappa shape index (κ1) is 16.8. The summed E-state index contributed by atoms with van der Waals surface area (Å²) in [5.41, 5.74) is -1.03. The van der Waals surface area contributed by atoms with Gasteiger partial charge in [-0.25, -0.2) is 0 Å². The predicted molar refractivity (Wildman–Crippen MR) is 75.3 cm³/mol. The van der Waals surface area contributed by atoms with E-state index in [1.165, 1.54) is 17.9 Å². The molecule has 1 amide bonds. The van der Waals surface area contributed by atoms with Crippen LogP contribution in [0, 0.1) is 0 Å². The van der Waals surface area contributed by atoms with Crippen LogP contribution in [0.5, 0.6) is 0 Å². The van der Waals surface area contributed by atoms with Gasteiger partial charge in [0.05, 0.1) is 17.2 Å². The molecule has 1 fully saturated rings. The average molecular weight is 335 g/mol. The fourth-order valence-electron chi connectivity index (χ4n) is 2.96. The van der Waals surface area contributed by atoms with E-state index in [9.17, 15) is 22.8 Å². The van der Waals surface area contributed by atoms with Crippen molar-refractivity contribution in [2.75, 3.05) is 19.6 Å². The molecule has 1 aromatic rings. The van der Waals surface area contributed by atoms with Gasteiger partial charge < -0.3 is 10.2 Å². The zero-order valence-electron chi connectivity index (χ0n) is 11.7. The van der Waals surface area contributed by atoms with Crippen LogP contribution in [-0.2, 0) is 6.18 Å². The third-order valence-electron chi connectivity index (χ3n) is 3.96. The maximum atomic E-state index is 13.2. The van der Waals surface area contributed by atoms with Crippen LogP contribution in [0.15, 0.2) is 12.1 Å². The second-order valence-electron chi connectivity index (χ2n) is 5.26. The van der Waals surface area contributed by atoms with Gasteiger partial charge in [0.15, 0.2) is 5.78 Å². The molecule has 2 heterocycles. The maximum absolute atomic E-state index is 13.2. The number of rotatable bonds is 1. The van der Waals surface area contributed by atoms with E-state index in [0.717, 1.165) is 6.07 Å². The molecule has 0 bridgehead atoms. The van der Waals surface area contributed by atoms with Gasteiger partial charge in [0, 0.05) is 25.2 Å². The molecule has 0 unspecified atom stereocenters. The zero-order valence-corrected chi connectivity index (χ0v) is 12.5. The monoisotopic (exact) mass is 334 g/mol. The fourth-order valence-corrected chi connectivity index (χ4v) is 2.96. The summed E-state index contributed by atoms with van der Waals surface area (Å²) in [5, 5.41) is 3.06. The fraction of sp³-hybridized carbons (Fsp3) is 0.429. The van der Waals surface area contributed by atoms with E-state index in [4.69, 9.17) is 0 Å². The Hall–Kier alpha value is -1.60. The summed E-state index contributed by atoms with van der Waals surface area (Å²) < 4.78 is 39.7. The van der Waals surface area contributed by atoms with Gasteiger partial charge in [0.25, 0.3) is 5.91 Å². The van der Waals surface area contributed by atoms with Crippen molar-refractivity contribution in [1.29, 1.82) is 0 Å². The number of amides is 1. The number of carbonyl (C=O) groups excluding carboxylic acids is 2. The molecule has 3 rings (SSSR count). The van der Waals surface area contributed by atoms with E-state index >= 15 is 0 Å². The number of fused-ring (bicyclic) bond motifs is 3. The molecule has 1 aromatic carbocycles. The molecule has 0 spiro atoms. The standard InChI is InChI=1S/C14H13F3N2O2.ClH/c1-7(20)8-4-9-11-6-18-2-3-19(11)13(21)12(9)10(5-8)14(15,16)17;/h4-5,11,18H,2-3,6H2,1H3;1H/t11-;/m0./s1. The number of nitrogens with one attached hydrogen (secondary N) is 1. The molecule has 22 heavy (non-hydrogen) atoms. The number of ketones is 1. The van der Waals surface area contributed by atoms with Crippen LogP contribution < -0.4 is 5.32 Å². The summed E-state index contributed by atoms with van der Waals surface area (Å²) in [6.07, 6.45) is -4.66. The van der Waals surface area contributed by atoms with Crippen molar-refractivity contribution >= 4 is 24.1 Å². The molecule has 2 aliphatic rings. The number of carbonyl (C=O) groups is 2. The molecule has 4 nitrogen and oxygen atoms in total. The number of halogens is 4. The van der Waals surface area contributed by atoms with Gasteiger partial charge in [-0.1, -0.05) is 0 Å². The van der Waals surface area contributed by atoms with Gasteiger partial charge in [-0.05, 0) is 24.6 Å². The smallest absolute Gasteiger partial charge is 0.329 e. The minimum atomic E-state index is -4.66. The number of nitrogens with zero attached hydrogens (tertiary/aromatic N) is 1. The molecule has 2 aliphatic heterocycles. The normalized spacial score (nSPS) is 20.3. The molecule has 0 radical (unpaired) electrons. The zero-order chi connectivity index (χ0) is 15.4. The van der Waals surface area contributed by atoms with E-state index in [1.807, 2.05) is 0 Å². The third-order valence-corrected chi connectivity index (χ3v) is 3.96. The minimum Gasteiger partial charge on any atom is -0.329 e. The highest BCUT2D eigenvalue weighted by Gasteiger charge is 2.45. The molecular formula is C14H14ClF3N2O2. The first-order chi connectivity index (χ1) is 9.80. The molecule has 120 valence electrons. The Morgan fingerprint density at radius 1 is 1.36 bits per heavy atom. The molecule has 0 saturated carbocycles. The highest BCUT2D eigenvalue weighted by Crippen LogP contribution is 2.42. The lowest BCUT2D eigenvalue weighted by Crippen LogP contribution is -2.44. The first-order valence-corrected chi connectivity index (χ1v) is 6.58. The Bertz CT molecular complexity index is 646. The third kappa shape index (κ3) is 2.48. The molecule has 1 saturated heterocycles. The lowest BCUT2D eigenvalue weighted by molar-refractivity contribution is -0.137. The highest BCUT2D eigenvalue weighted by atomic mass is 35.5. The van der Waals surface area contributed by atoms with E-state index in [0.29, 0.717) is 25.2 Å². The molecule has 1 N–H and O–H groups in total. The Morgan fingerprint density at radius 2 is 2.05 bits per heavy atom. The van der Waals surface area contributed by atoms with Crippen LogP contribution >= 0.6 is 12.4 Å². The van der Waals surface area contributed by atoms with Crippen molar-refractivity contribution < 1.29 is 22.8 Å². The molecule has 0 aromatic heterocycles. The highest BCUT2D eigenvalue weighted by molar-refractivity contribution is 6.03. The second kappa shape index (κ2) is 5.55. The van der Waals surface area contributed by atoms with Crippen molar-refractivity contribution in [2.45, 2.75) is 19.1 Å². The van der Waals surface area contributed by atoms with Crippen molar-refractivity contribution in [3.8, 4) is 0 Å². The summed E-state index contributed by atoms with van der Waals surface area (Å²) >= 11 is 0. The minimum absolute atomic E-state index is 0. The number of alkyl halides is 3. The van der Waals surface area contributed by atoms with Gasteiger partial charge in [0.1, 0.15) is 0 Å². The van der Waals surface area contributed by atoms with Crippen LogP contribution in [0.25, 0.3) is 0 Å². The van der Waals surface area contributed by atoms with Crippen molar-refractivity contribution in [3.63, 3.8) is 0 Å². The summed E-state index contributed by atoms with van der Waals surface area (Å²) in [5.74, 6) is -1.04. The average Bonchev–Trinajstić information content (AvgIpc) is 2.71. The summed E-state index contributed by atoms with van der Waals surface area (Å²) in [7, 11) is 0. The number of Topliss-reactive ketones (excluding diaryl/α,β-unsaturated/α-hetero) is 1.